The first-order valence-corrected chi connectivity index (χ1v) is 9.63. The first kappa shape index (κ1) is 59.4. The first-order chi connectivity index (χ1) is 13.3. The van der Waals surface area contributed by atoms with Crippen molar-refractivity contribution in [2.45, 2.75) is 101 Å². The summed E-state index contributed by atoms with van der Waals surface area (Å²) in [6, 6.07) is 0. The summed E-state index contributed by atoms with van der Waals surface area (Å²) < 4.78 is 4.15. The van der Waals surface area contributed by atoms with E-state index in [1.807, 2.05) is 6.92 Å². The van der Waals surface area contributed by atoms with Crippen molar-refractivity contribution in [2.24, 2.45) is 0 Å². The third-order valence-electron chi connectivity index (χ3n) is 1.46. The van der Waals surface area contributed by atoms with Gasteiger partial charge < -0.3 is 30.0 Å². The Hall–Kier alpha value is 1.23. The van der Waals surface area contributed by atoms with Crippen LogP contribution in [-0.2, 0) is 19.1 Å². The predicted molar refractivity (Wildman–Crippen MR) is 115 cm³/mol. The average molecular weight is 507 g/mol. The zero-order valence-corrected chi connectivity index (χ0v) is 30.1. The molecule has 0 aromatic carbocycles. The van der Waals surface area contributed by atoms with Gasteiger partial charge in [0.15, 0.2) is 5.78 Å². The molecule has 33 heavy (non-hydrogen) atoms. The van der Waals surface area contributed by atoms with Crippen molar-refractivity contribution in [3.63, 3.8) is 0 Å². The van der Waals surface area contributed by atoms with E-state index in [0.717, 1.165) is 0 Å². The Morgan fingerprint density at radius 1 is 0.909 bits per heavy atom. The number of allylic oxidation sites excluding steroid dienone is 1. The molecule has 0 bridgehead atoms. The van der Waals surface area contributed by atoms with Crippen molar-refractivity contribution < 1.29 is 128 Å². The molecule has 0 fully saturated rings. The summed E-state index contributed by atoms with van der Waals surface area (Å²) in [6.07, 6.45) is 1.22. The van der Waals surface area contributed by atoms with Crippen molar-refractivity contribution in [2.75, 3.05) is 13.2 Å². The number of hydrogen-bond donors (Lipinski definition) is 1. The van der Waals surface area contributed by atoms with E-state index in [2.05, 4.69) is 4.74 Å². The number of carbonyl (C=O) groups is 3. The molecule has 0 unspecified atom stereocenters. The second kappa shape index (κ2) is 43.3. The van der Waals surface area contributed by atoms with Crippen molar-refractivity contribution in [3.05, 3.63) is 11.8 Å². The van der Waals surface area contributed by atoms with Crippen LogP contribution in [-0.4, -0.2) is 47.6 Å². The van der Waals surface area contributed by atoms with Gasteiger partial charge in [0.2, 0.25) is 0 Å². The molecule has 0 aliphatic carbocycles. The third-order valence-corrected chi connectivity index (χ3v) is 1.46. The molecule has 0 saturated heterocycles. The van der Waals surface area contributed by atoms with E-state index in [4.69, 9.17) is 10.2 Å². The SMILES string of the molecule is CC(=O)C(C)=C[O-].CC(C)(C)O.CC(C)(C)[O-].CCC(C)=O.CCOC=O.CC[O-].[Na+].[Na+].[Na+]. The third kappa shape index (κ3) is 257. The number of ketones is 2. The van der Waals surface area contributed by atoms with Crippen molar-refractivity contribution >= 4 is 18.0 Å². The van der Waals surface area contributed by atoms with Gasteiger partial charge in [-0.05, 0) is 54.0 Å². The van der Waals surface area contributed by atoms with Crippen molar-refractivity contribution in [3.8, 4) is 0 Å². The summed E-state index contributed by atoms with van der Waals surface area (Å²) in [7, 11) is 0. The zero-order chi connectivity index (χ0) is 26.0. The van der Waals surface area contributed by atoms with Crippen LogP contribution in [0, 0.1) is 0 Å². The molecule has 0 atom stereocenters. The van der Waals surface area contributed by atoms with Crippen LogP contribution in [0.5, 0.6) is 0 Å². The average Bonchev–Trinajstić information content (AvgIpc) is 2.53. The van der Waals surface area contributed by atoms with Crippen LogP contribution in [0.4, 0.5) is 0 Å². The molecule has 184 valence electrons. The maximum atomic E-state index is 10.1. The fraction of sp³-hybridized carbons (Fsp3) is 0.773. The molecular weight excluding hydrogens is 461 g/mol. The van der Waals surface area contributed by atoms with E-state index in [-0.39, 0.29) is 112 Å². The quantitative estimate of drug-likeness (QED) is 0.171. The number of hydrogen-bond acceptors (Lipinski definition) is 8. The Morgan fingerprint density at radius 2 is 1.12 bits per heavy atom. The number of ether oxygens (including phenoxy) is 1. The Kier molecular flexibility index (Phi) is 77.9. The molecular formula is C22H45Na3O8. The molecule has 0 rings (SSSR count). The second-order valence-corrected chi connectivity index (χ2v) is 7.54. The largest absolute Gasteiger partial charge is 1.00 e. The van der Waals surface area contributed by atoms with Gasteiger partial charge >= 0.3 is 88.7 Å². The van der Waals surface area contributed by atoms with Gasteiger partial charge in [0.1, 0.15) is 5.78 Å². The summed E-state index contributed by atoms with van der Waals surface area (Å²) in [4.78, 5) is 29.1. The van der Waals surface area contributed by atoms with Crippen LogP contribution in [0.2, 0.25) is 0 Å². The van der Waals surface area contributed by atoms with E-state index in [1.54, 1.807) is 62.3 Å². The fourth-order valence-electron chi connectivity index (χ4n) is 0.151. The minimum atomic E-state index is -0.750. The maximum absolute atomic E-state index is 10.1. The molecule has 0 spiro atoms. The molecule has 0 radical (unpaired) electrons. The molecule has 11 heteroatoms. The van der Waals surface area contributed by atoms with Crippen LogP contribution in [0.15, 0.2) is 11.8 Å². The zero-order valence-electron chi connectivity index (χ0n) is 24.1. The number of aliphatic hydroxyl groups is 1. The summed E-state index contributed by atoms with van der Waals surface area (Å²) in [5, 5.41) is 37.2. The van der Waals surface area contributed by atoms with Gasteiger partial charge in [-0.15, -0.1) is 18.5 Å². The molecule has 8 nitrogen and oxygen atoms in total. The smallest absolute Gasteiger partial charge is 0.878 e. The van der Waals surface area contributed by atoms with Crippen molar-refractivity contribution in [1.29, 1.82) is 0 Å². The molecule has 1 N–H and O–H groups in total. The Bertz CT molecular complexity index is 393. The van der Waals surface area contributed by atoms with Crippen LogP contribution >= 0.6 is 0 Å². The van der Waals surface area contributed by atoms with E-state index in [9.17, 15) is 24.6 Å². The molecule has 0 heterocycles. The first-order valence-electron chi connectivity index (χ1n) is 9.63. The fourth-order valence-corrected chi connectivity index (χ4v) is 0.151. The van der Waals surface area contributed by atoms with E-state index in [0.29, 0.717) is 25.8 Å². The Balaban J connectivity index is -0.0000000298. The van der Waals surface area contributed by atoms with Gasteiger partial charge in [-0.2, -0.15) is 0 Å². The Labute approximate surface area is 269 Å². The van der Waals surface area contributed by atoms with E-state index >= 15 is 0 Å². The van der Waals surface area contributed by atoms with Crippen LogP contribution in [0.1, 0.15) is 89.5 Å². The van der Waals surface area contributed by atoms with Gasteiger partial charge in [-0.1, -0.05) is 34.6 Å². The standard InChI is InChI=1S/C5H8O2.C4H10O.C4H9O.C4H8O.C3H6O2.C2H5O.3Na/c1-4(3-6)5(2)7;2*1-4(2,3)5;1-3-4(2)5;1-2-5-3-4;1-2-3;;;/h3,6H,1-2H3;5H,1-3H3;1-3H3;3H2,1-2H3;3H,2H2,1H3;2H2,1H3;;;/q;;-1;;;-1;3*+1/p-1. The molecule has 0 aliphatic rings. The molecule has 0 aromatic rings. The molecule has 0 aromatic heterocycles. The number of carbonyl (C=O) groups excluding carboxylic acids is 3. The summed E-state index contributed by atoms with van der Waals surface area (Å²) in [5.74, 6) is 0.0972. The predicted octanol–water partition coefficient (Wildman–Crippen LogP) is -7.69. The van der Waals surface area contributed by atoms with E-state index < -0.39 is 11.2 Å². The normalized spacial score (nSPS) is 8.76. The summed E-state index contributed by atoms with van der Waals surface area (Å²) in [6.45, 7) is 20.7. The van der Waals surface area contributed by atoms with Gasteiger partial charge in [0.05, 0.1) is 12.2 Å². The summed E-state index contributed by atoms with van der Waals surface area (Å²) >= 11 is 0. The van der Waals surface area contributed by atoms with E-state index in [1.165, 1.54) is 13.8 Å². The van der Waals surface area contributed by atoms with Crippen molar-refractivity contribution in [1.82, 2.24) is 0 Å². The maximum Gasteiger partial charge on any atom is 1.00 e. The number of rotatable bonds is 4. The van der Waals surface area contributed by atoms with Crippen LogP contribution < -0.4 is 104 Å². The van der Waals surface area contributed by atoms with Gasteiger partial charge in [0, 0.05) is 6.42 Å². The second-order valence-electron chi connectivity index (χ2n) is 7.54. The molecule has 0 saturated carbocycles. The molecule has 0 aliphatic heterocycles. The topological polar surface area (TPSA) is 150 Å². The minimum absolute atomic E-state index is 0. The van der Waals surface area contributed by atoms with Gasteiger partial charge in [-0.3, -0.25) is 9.59 Å². The minimum Gasteiger partial charge on any atom is -0.878 e. The van der Waals surface area contributed by atoms with Gasteiger partial charge in [-0.25, -0.2) is 0 Å². The Morgan fingerprint density at radius 3 is 1.12 bits per heavy atom. The van der Waals surface area contributed by atoms with Gasteiger partial charge in [0.25, 0.3) is 6.47 Å². The summed E-state index contributed by atoms with van der Waals surface area (Å²) in [5.41, 5.74) is -0.972. The van der Waals surface area contributed by atoms with Crippen LogP contribution in [0.25, 0.3) is 0 Å². The molecule has 0 amide bonds. The van der Waals surface area contributed by atoms with Crippen LogP contribution in [0.3, 0.4) is 0 Å². The monoisotopic (exact) mass is 506 g/mol. The number of Topliss-reactive ketones (excluding diaryl/α,β-unsaturated/α-hetero) is 2.